The van der Waals surface area contributed by atoms with Crippen molar-refractivity contribution >= 4 is 52.4 Å². The van der Waals surface area contributed by atoms with Crippen LogP contribution in [0.3, 0.4) is 0 Å². The first-order valence-electron chi connectivity index (χ1n) is 8.64. The van der Waals surface area contributed by atoms with Crippen LogP contribution in [0.2, 0.25) is 0 Å². The number of hydrogen-bond acceptors (Lipinski definition) is 13. The van der Waals surface area contributed by atoms with Gasteiger partial charge in [-0.3, -0.25) is 0 Å². The Bertz CT molecular complexity index is 549. The van der Waals surface area contributed by atoms with E-state index in [0.29, 0.717) is 6.61 Å². The van der Waals surface area contributed by atoms with Crippen molar-refractivity contribution in [3.8, 4) is 0 Å². The molecule has 0 amide bonds. The predicted molar refractivity (Wildman–Crippen MR) is 113 cm³/mol. The monoisotopic (exact) mass is 746 g/mol. The van der Waals surface area contributed by atoms with E-state index >= 15 is 0 Å². The van der Waals surface area contributed by atoms with E-state index in [4.69, 9.17) is 33.2 Å². The molecule has 0 aromatic carbocycles. The van der Waals surface area contributed by atoms with Crippen LogP contribution in [0.4, 0.5) is 14.4 Å². The summed E-state index contributed by atoms with van der Waals surface area (Å²) < 4.78 is 36.2. The van der Waals surface area contributed by atoms with Gasteiger partial charge in [0.25, 0.3) is 0 Å². The van der Waals surface area contributed by atoms with Crippen molar-refractivity contribution in [2.24, 2.45) is 0 Å². The van der Waals surface area contributed by atoms with Crippen LogP contribution < -0.4 is 39.6 Å². The third kappa shape index (κ3) is 18.0. The van der Waals surface area contributed by atoms with Crippen molar-refractivity contribution in [3.63, 3.8) is 0 Å². The summed E-state index contributed by atoms with van der Waals surface area (Å²) in [6.07, 6.45) is -1.98. The number of hydrogen-bond donors (Lipinski definition) is 2. The van der Waals surface area contributed by atoms with E-state index in [1.807, 2.05) is 6.92 Å². The first-order valence-corrected chi connectivity index (χ1v) is 19.2. The number of carbonyl (C=O) groups is 3. The van der Waals surface area contributed by atoms with Gasteiger partial charge in [-0.05, 0) is 0 Å². The first kappa shape index (κ1) is 31.9. The fourth-order valence-corrected chi connectivity index (χ4v) is 3.71. The van der Waals surface area contributed by atoms with Crippen LogP contribution in [0.1, 0.15) is 6.92 Å². The van der Waals surface area contributed by atoms with Gasteiger partial charge < -0.3 is 0 Å². The molecule has 3 atom stereocenters. The van der Waals surface area contributed by atoms with Gasteiger partial charge in [-0.1, -0.05) is 0 Å². The summed E-state index contributed by atoms with van der Waals surface area (Å²) >= 11 is 2.55. The van der Waals surface area contributed by atoms with Crippen LogP contribution in [-0.2, 0) is 45.0 Å². The van der Waals surface area contributed by atoms with Crippen molar-refractivity contribution in [2.45, 2.75) is 25.2 Å². The van der Waals surface area contributed by atoms with Crippen molar-refractivity contribution < 1.29 is 87.2 Å². The summed E-state index contributed by atoms with van der Waals surface area (Å²) in [6, 6.07) is 0. The second-order valence-corrected chi connectivity index (χ2v) is 11.5. The molecule has 0 aliphatic rings. The van der Waals surface area contributed by atoms with Crippen LogP contribution in [0.15, 0.2) is 0 Å². The van der Waals surface area contributed by atoms with E-state index in [-0.39, 0.29) is 47.0 Å². The number of ether oxygens (including phenoxy) is 7. The number of carbonyl (C=O) groups excluding carboxylic acids is 3. The number of halogens is 2. The van der Waals surface area contributed by atoms with E-state index in [0.717, 1.165) is 0 Å². The maximum atomic E-state index is 11.7. The summed E-state index contributed by atoms with van der Waals surface area (Å²) in [5.74, 6) is 0. The second-order valence-electron chi connectivity index (χ2n) is 5.41. The van der Waals surface area contributed by atoms with Crippen LogP contribution in [0, 0.1) is 0 Å². The molecule has 31 heavy (non-hydrogen) atoms. The van der Waals surface area contributed by atoms with Gasteiger partial charge in [-0.15, -0.1) is 0 Å². The van der Waals surface area contributed by atoms with Crippen molar-refractivity contribution in [2.75, 3.05) is 53.4 Å². The minimum absolute atomic E-state index is 0.00112. The van der Waals surface area contributed by atoms with E-state index in [1.54, 1.807) is 0 Å². The fourth-order valence-electron chi connectivity index (χ4n) is 1.91. The van der Waals surface area contributed by atoms with Gasteiger partial charge in [0.2, 0.25) is 0 Å². The van der Waals surface area contributed by atoms with Crippen LogP contribution in [-0.4, -0.2) is 85.3 Å². The van der Waals surface area contributed by atoms with Gasteiger partial charge in [0.15, 0.2) is 0 Å². The molecule has 0 saturated heterocycles. The molecular weight excluding hydrogens is 721 g/mol. The molecule has 0 bridgehead atoms. The van der Waals surface area contributed by atoms with Crippen molar-refractivity contribution in [1.29, 1.82) is 0 Å². The van der Waals surface area contributed by atoms with Crippen LogP contribution in [0.25, 0.3) is 0 Å². The Hall–Kier alpha value is 0.930. The summed E-state index contributed by atoms with van der Waals surface area (Å²) in [6.45, 7) is 2.64. The van der Waals surface area contributed by atoms with Crippen molar-refractivity contribution in [1.82, 2.24) is 0 Å². The van der Waals surface area contributed by atoms with Gasteiger partial charge in [0, 0.05) is 0 Å². The molecule has 0 radical (unpaired) electrons. The summed E-state index contributed by atoms with van der Waals surface area (Å²) in [4.78, 5) is 34.6. The second kappa shape index (κ2) is 21.5. The molecule has 184 valence electrons. The molecular formula is C15H25I2O10PS3-2. The Balaban J connectivity index is 4.68. The molecule has 0 aliphatic carbocycles. The number of methoxy groups -OCH3 is 1. The summed E-state index contributed by atoms with van der Waals surface area (Å²) in [7, 11) is 9.49. The van der Waals surface area contributed by atoms with Gasteiger partial charge in [-0.25, -0.2) is 0 Å². The molecule has 0 saturated carbocycles. The first-order chi connectivity index (χ1) is 14.9. The average molecular weight is 746 g/mol. The topological polar surface area (TPSA) is 116 Å². The zero-order chi connectivity index (χ0) is 23.5. The van der Waals surface area contributed by atoms with Crippen LogP contribution in [0.5, 0.6) is 0 Å². The van der Waals surface area contributed by atoms with Gasteiger partial charge >= 0.3 is 218 Å². The van der Waals surface area contributed by atoms with Gasteiger partial charge in [-0.2, -0.15) is 0 Å². The van der Waals surface area contributed by atoms with E-state index in [9.17, 15) is 14.4 Å². The fraction of sp³-hybridized carbons (Fsp3) is 0.800. The standard InChI is InChI=1S/C15H25I2O10PS3/c1-3-22-5-11(25-13(18)16-29)7-24-9-12(26-14(19)17-30)8-23-6-10(4-21-2)27-15(20)28-31/h10-12,29-30H,3-9H2,1-2H3/q-2. The molecule has 0 N–H and O–H groups in total. The zero-order valence-electron chi connectivity index (χ0n) is 16.8. The Morgan fingerprint density at radius 3 is 1.58 bits per heavy atom. The average Bonchev–Trinajstić information content (AvgIpc) is 2.76. The molecule has 0 heterocycles. The molecule has 0 rings (SSSR count). The quantitative estimate of drug-likeness (QED) is 0.0452. The molecule has 0 aromatic rings. The normalized spacial score (nSPS) is 14.2. The third-order valence-corrected chi connectivity index (χ3v) is 6.92. The third-order valence-electron chi connectivity index (χ3n) is 3.07. The van der Waals surface area contributed by atoms with Gasteiger partial charge in [0.1, 0.15) is 0 Å². The Kier molecular flexibility index (Phi) is 22.1. The summed E-state index contributed by atoms with van der Waals surface area (Å²) in [5.41, 5.74) is -0.578. The van der Waals surface area contributed by atoms with E-state index < -0.39 is 71.6 Å². The predicted octanol–water partition coefficient (Wildman–Crippen LogP) is -3.51. The molecule has 0 aliphatic heterocycles. The number of rotatable bonds is 19. The Labute approximate surface area is 216 Å². The van der Waals surface area contributed by atoms with Gasteiger partial charge in [0.05, 0.1) is 0 Å². The minimum atomic E-state index is -1.06. The van der Waals surface area contributed by atoms with Crippen molar-refractivity contribution in [3.05, 3.63) is 0 Å². The molecule has 0 spiro atoms. The molecule has 10 nitrogen and oxygen atoms in total. The SMILES string of the molecule is CCOCC(COCC(COCC(COC)OC(=O)P=S)OC(=O)[I-]S)OC(=O)[I-]S. The summed E-state index contributed by atoms with van der Waals surface area (Å²) in [5, 5.41) is 0. The number of thiol groups is 2. The Morgan fingerprint density at radius 1 is 0.806 bits per heavy atom. The maximum absolute atomic E-state index is 11.7. The van der Waals surface area contributed by atoms with Crippen LogP contribution >= 0.6 is 27.0 Å². The zero-order valence-corrected chi connectivity index (χ0v) is 24.6. The molecule has 0 fully saturated rings. The Morgan fingerprint density at radius 2 is 1.23 bits per heavy atom. The molecule has 0 aromatic heterocycles. The van der Waals surface area contributed by atoms with E-state index in [2.05, 4.69) is 31.4 Å². The molecule has 3 unspecified atom stereocenters. The van der Waals surface area contributed by atoms with E-state index in [1.165, 1.54) is 7.11 Å². The molecule has 16 heteroatoms.